The molecule has 0 bridgehead atoms. The van der Waals surface area contributed by atoms with Gasteiger partial charge in [0.2, 0.25) is 5.75 Å². The largest absolute Gasteiger partial charge is 0.490 e. The molecular formula is C19H31N3O5. The number of urea groups is 1. The summed E-state index contributed by atoms with van der Waals surface area (Å²) >= 11 is 0. The van der Waals surface area contributed by atoms with E-state index in [1.54, 1.807) is 12.1 Å². The highest BCUT2D eigenvalue weighted by Crippen LogP contribution is 2.40. The number of nitrogens with zero attached hydrogens (tertiary/aromatic N) is 1. The minimum atomic E-state index is -0.266. The molecule has 1 aliphatic heterocycles. The van der Waals surface area contributed by atoms with Crippen molar-refractivity contribution >= 4 is 11.7 Å². The van der Waals surface area contributed by atoms with E-state index < -0.39 is 0 Å². The molecule has 2 N–H and O–H groups in total. The van der Waals surface area contributed by atoms with Crippen molar-refractivity contribution < 1.29 is 23.7 Å². The van der Waals surface area contributed by atoms with E-state index in [1.165, 1.54) is 0 Å². The van der Waals surface area contributed by atoms with Gasteiger partial charge in [0.25, 0.3) is 0 Å². The van der Waals surface area contributed by atoms with E-state index in [9.17, 15) is 4.79 Å². The van der Waals surface area contributed by atoms with E-state index in [2.05, 4.69) is 15.5 Å². The van der Waals surface area contributed by atoms with E-state index in [4.69, 9.17) is 18.9 Å². The number of carbonyl (C=O) groups is 1. The number of hydrogen-bond donors (Lipinski definition) is 2. The van der Waals surface area contributed by atoms with Crippen LogP contribution in [0.2, 0.25) is 0 Å². The first-order chi connectivity index (χ1) is 13.2. The van der Waals surface area contributed by atoms with E-state index >= 15 is 0 Å². The molecule has 1 heterocycles. The number of hydrogen-bond acceptors (Lipinski definition) is 6. The Bertz CT molecular complexity index is 564. The molecule has 0 aromatic heterocycles. The molecule has 152 valence electrons. The van der Waals surface area contributed by atoms with Gasteiger partial charge in [-0.05, 0) is 20.8 Å². The maximum absolute atomic E-state index is 12.2. The van der Waals surface area contributed by atoms with Gasteiger partial charge in [0.05, 0.1) is 38.7 Å². The summed E-state index contributed by atoms with van der Waals surface area (Å²) in [7, 11) is 0. The van der Waals surface area contributed by atoms with Gasteiger partial charge in [-0.15, -0.1) is 0 Å². The zero-order valence-corrected chi connectivity index (χ0v) is 16.5. The smallest absolute Gasteiger partial charge is 0.319 e. The van der Waals surface area contributed by atoms with Gasteiger partial charge >= 0.3 is 6.03 Å². The van der Waals surface area contributed by atoms with E-state index in [-0.39, 0.29) is 6.03 Å². The molecule has 8 heteroatoms. The third kappa shape index (κ3) is 6.80. The molecule has 1 fully saturated rings. The first-order valence-electron chi connectivity index (χ1n) is 9.59. The number of carbonyl (C=O) groups excluding carboxylic acids is 1. The number of morpholine rings is 1. The lowest BCUT2D eigenvalue weighted by atomic mass is 10.2. The summed E-state index contributed by atoms with van der Waals surface area (Å²) in [4.78, 5) is 14.5. The number of nitrogens with one attached hydrogen (secondary N) is 2. The third-order valence-corrected chi connectivity index (χ3v) is 3.98. The van der Waals surface area contributed by atoms with Gasteiger partial charge in [0.15, 0.2) is 11.5 Å². The number of ether oxygens (including phenoxy) is 4. The zero-order chi connectivity index (χ0) is 19.5. The quantitative estimate of drug-likeness (QED) is 0.647. The Morgan fingerprint density at radius 1 is 1.04 bits per heavy atom. The summed E-state index contributed by atoms with van der Waals surface area (Å²) in [6.45, 7) is 11.8. The molecule has 1 aromatic rings. The fraction of sp³-hybridized carbons (Fsp3) is 0.632. The van der Waals surface area contributed by atoms with Gasteiger partial charge in [0.1, 0.15) is 0 Å². The monoisotopic (exact) mass is 381 g/mol. The molecule has 1 aliphatic rings. The highest BCUT2D eigenvalue weighted by Gasteiger charge is 2.16. The maximum atomic E-state index is 12.2. The Morgan fingerprint density at radius 3 is 2.19 bits per heavy atom. The number of benzene rings is 1. The van der Waals surface area contributed by atoms with Crippen LogP contribution >= 0.6 is 0 Å². The van der Waals surface area contributed by atoms with Crippen LogP contribution in [0.25, 0.3) is 0 Å². The SMILES string of the molecule is CCOc1cc(NC(=O)NCCN2CCOCC2)cc(OCC)c1OCC. The molecular weight excluding hydrogens is 350 g/mol. The fourth-order valence-electron chi connectivity index (χ4n) is 2.79. The predicted octanol–water partition coefficient (Wildman–Crippen LogP) is 2.34. The van der Waals surface area contributed by atoms with E-state index in [1.807, 2.05) is 20.8 Å². The van der Waals surface area contributed by atoms with Crippen molar-refractivity contribution in [2.75, 3.05) is 64.5 Å². The van der Waals surface area contributed by atoms with Gasteiger partial charge in [-0.25, -0.2) is 4.79 Å². The Labute approximate surface area is 161 Å². The van der Waals surface area contributed by atoms with Gasteiger partial charge in [0, 0.05) is 38.3 Å². The molecule has 8 nitrogen and oxygen atoms in total. The molecule has 0 aliphatic carbocycles. The maximum Gasteiger partial charge on any atom is 0.319 e. The topological polar surface area (TPSA) is 81.3 Å². The summed E-state index contributed by atoms with van der Waals surface area (Å²) in [6, 6.07) is 3.23. The minimum absolute atomic E-state index is 0.266. The lowest BCUT2D eigenvalue weighted by molar-refractivity contribution is 0.0388. The predicted molar refractivity (Wildman–Crippen MR) is 104 cm³/mol. The van der Waals surface area contributed by atoms with Crippen molar-refractivity contribution in [2.24, 2.45) is 0 Å². The van der Waals surface area contributed by atoms with Crippen LogP contribution in [0.4, 0.5) is 10.5 Å². The van der Waals surface area contributed by atoms with Crippen LogP contribution in [0.5, 0.6) is 17.2 Å². The minimum Gasteiger partial charge on any atom is -0.490 e. The zero-order valence-electron chi connectivity index (χ0n) is 16.5. The summed E-state index contributed by atoms with van der Waals surface area (Å²) in [5, 5.41) is 5.71. The van der Waals surface area contributed by atoms with Crippen molar-refractivity contribution in [1.82, 2.24) is 10.2 Å². The van der Waals surface area contributed by atoms with E-state index in [0.29, 0.717) is 49.3 Å². The number of amides is 2. The average molecular weight is 381 g/mol. The highest BCUT2D eigenvalue weighted by molar-refractivity contribution is 5.90. The van der Waals surface area contributed by atoms with Gasteiger partial charge < -0.3 is 29.6 Å². The molecule has 1 saturated heterocycles. The van der Waals surface area contributed by atoms with Crippen LogP contribution in [0.1, 0.15) is 20.8 Å². The van der Waals surface area contributed by atoms with Crippen LogP contribution in [-0.4, -0.2) is 70.1 Å². The molecule has 2 rings (SSSR count). The molecule has 0 atom stereocenters. The summed E-state index contributed by atoms with van der Waals surface area (Å²) in [5.74, 6) is 1.65. The van der Waals surface area contributed by atoms with Gasteiger partial charge in [-0.2, -0.15) is 0 Å². The number of rotatable bonds is 10. The van der Waals surface area contributed by atoms with Crippen molar-refractivity contribution in [1.29, 1.82) is 0 Å². The second-order valence-electron chi connectivity index (χ2n) is 5.94. The van der Waals surface area contributed by atoms with Crippen molar-refractivity contribution in [2.45, 2.75) is 20.8 Å². The summed E-state index contributed by atoms with van der Waals surface area (Å²) < 4.78 is 22.3. The fourth-order valence-corrected chi connectivity index (χ4v) is 2.79. The Balaban J connectivity index is 1.97. The Morgan fingerprint density at radius 2 is 1.63 bits per heavy atom. The highest BCUT2D eigenvalue weighted by atomic mass is 16.5. The third-order valence-electron chi connectivity index (χ3n) is 3.98. The molecule has 1 aromatic carbocycles. The lowest BCUT2D eigenvalue weighted by Gasteiger charge is -2.26. The van der Waals surface area contributed by atoms with Crippen molar-refractivity contribution in [3.8, 4) is 17.2 Å². The normalized spacial score (nSPS) is 14.5. The average Bonchev–Trinajstić information content (AvgIpc) is 2.66. The van der Waals surface area contributed by atoms with E-state index in [0.717, 1.165) is 32.8 Å². The number of anilines is 1. The van der Waals surface area contributed by atoms with Crippen molar-refractivity contribution in [3.63, 3.8) is 0 Å². The van der Waals surface area contributed by atoms with Crippen LogP contribution in [0.15, 0.2) is 12.1 Å². The molecule has 0 unspecified atom stereocenters. The Hall–Kier alpha value is -2.19. The summed E-state index contributed by atoms with van der Waals surface area (Å²) in [5.41, 5.74) is 0.592. The standard InChI is InChI=1S/C19H31N3O5/c1-4-25-16-13-15(14-17(26-5-2)18(16)27-6-3)21-19(23)20-7-8-22-9-11-24-12-10-22/h13-14H,4-12H2,1-3H3,(H2,20,21,23). The van der Waals surface area contributed by atoms with Gasteiger partial charge in [-0.1, -0.05) is 0 Å². The molecule has 0 saturated carbocycles. The first kappa shape index (κ1) is 21.1. The molecule has 27 heavy (non-hydrogen) atoms. The Kier molecular flexibility index (Phi) is 9.00. The van der Waals surface area contributed by atoms with Crippen LogP contribution in [-0.2, 0) is 4.74 Å². The summed E-state index contributed by atoms with van der Waals surface area (Å²) in [6.07, 6.45) is 0. The second-order valence-corrected chi connectivity index (χ2v) is 5.94. The van der Waals surface area contributed by atoms with Gasteiger partial charge in [-0.3, -0.25) is 4.90 Å². The van der Waals surface area contributed by atoms with Crippen LogP contribution in [0, 0.1) is 0 Å². The molecule has 2 amide bonds. The molecule has 0 spiro atoms. The van der Waals surface area contributed by atoms with Crippen LogP contribution in [0.3, 0.4) is 0 Å². The molecule has 0 radical (unpaired) electrons. The first-order valence-corrected chi connectivity index (χ1v) is 9.59. The van der Waals surface area contributed by atoms with Crippen LogP contribution < -0.4 is 24.8 Å². The second kappa shape index (κ2) is 11.5. The lowest BCUT2D eigenvalue weighted by Crippen LogP contribution is -2.42. The van der Waals surface area contributed by atoms with Crippen molar-refractivity contribution in [3.05, 3.63) is 12.1 Å².